The second-order valence-corrected chi connectivity index (χ2v) is 8.00. The fourth-order valence-electron chi connectivity index (χ4n) is 4.24. The number of β-lactam (4-membered cyclic amide) rings is 1. The van der Waals surface area contributed by atoms with E-state index in [-0.39, 0.29) is 6.04 Å². The van der Waals surface area contributed by atoms with E-state index in [9.17, 15) is 19.5 Å². The number of dihydropyridines is 1. The number of nitrogens with two attached hydrogens (primary N) is 1. The lowest BCUT2D eigenvalue weighted by Crippen LogP contribution is -2.68. The van der Waals surface area contributed by atoms with Crippen molar-refractivity contribution in [1.82, 2.24) is 9.80 Å². The van der Waals surface area contributed by atoms with E-state index in [0.29, 0.717) is 30.3 Å². The number of aliphatic carboxylic acids is 1. The summed E-state index contributed by atoms with van der Waals surface area (Å²) in [5, 5.41) is 9.60. The third kappa shape index (κ3) is 4.29. The Morgan fingerprint density at radius 2 is 2.03 bits per heavy atom. The zero-order valence-electron chi connectivity index (χ0n) is 16.9. The SMILES string of the molecule is CC(C1CCCCC1)N(C)C(=O)N1C(=O)C(C#CC2=CC(N)=NCC2)C1C(=O)O. The molecule has 0 aromatic carbocycles. The molecule has 1 saturated heterocycles. The Balaban J connectivity index is 1.71. The molecule has 0 bridgehead atoms. The summed E-state index contributed by atoms with van der Waals surface area (Å²) in [5.41, 5.74) is 6.36. The number of amides is 3. The summed E-state index contributed by atoms with van der Waals surface area (Å²) in [6.07, 6.45) is 7.80. The predicted octanol–water partition coefficient (Wildman–Crippen LogP) is 1.61. The Bertz CT molecular complexity index is 816. The Kier molecular flexibility index (Phi) is 6.26. The van der Waals surface area contributed by atoms with Gasteiger partial charge in [0.2, 0.25) is 5.91 Å². The number of carbonyl (C=O) groups is 3. The number of carboxylic acid groups (broad SMARTS) is 1. The van der Waals surface area contributed by atoms with Crippen LogP contribution in [0.1, 0.15) is 45.4 Å². The van der Waals surface area contributed by atoms with Crippen LogP contribution in [-0.4, -0.2) is 64.3 Å². The summed E-state index contributed by atoms with van der Waals surface area (Å²) >= 11 is 0. The third-order valence-electron chi connectivity index (χ3n) is 6.19. The summed E-state index contributed by atoms with van der Waals surface area (Å²) in [7, 11) is 1.64. The summed E-state index contributed by atoms with van der Waals surface area (Å²) in [6, 6.07) is -1.88. The highest BCUT2D eigenvalue weighted by Gasteiger charge is 2.55. The van der Waals surface area contributed by atoms with Gasteiger partial charge in [0.25, 0.3) is 0 Å². The van der Waals surface area contributed by atoms with Crippen molar-refractivity contribution in [2.24, 2.45) is 22.6 Å². The van der Waals surface area contributed by atoms with Gasteiger partial charge in [-0.1, -0.05) is 31.1 Å². The molecular formula is C21H28N4O4. The number of urea groups is 1. The van der Waals surface area contributed by atoms with Gasteiger partial charge in [0.05, 0.1) is 0 Å². The molecule has 3 amide bonds. The van der Waals surface area contributed by atoms with Crippen molar-refractivity contribution in [3.8, 4) is 11.8 Å². The second kappa shape index (κ2) is 8.68. The van der Waals surface area contributed by atoms with Crippen LogP contribution in [0.4, 0.5) is 4.79 Å². The van der Waals surface area contributed by atoms with Gasteiger partial charge < -0.3 is 15.7 Å². The number of amidine groups is 1. The standard InChI is InChI=1S/C21H28N4O4/c1-13(15-6-4-3-5-7-15)24(2)21(29)25-18(20(27)28)16(19(25)26)9-8-14-10-11-23-17(22)12-14/h12-13,15-16,18H,3-7,10-11H2,1-2H3,(H2,22,23)(H,27,28). The van der Waals surface area contributed by atoms with Gasteiger partial charge in [0.15, 0.2) is 6.04 Å². The van der Waals surface area contributed by atoms with Gasteiger partial charge in [-0.2, -0.15) is 0 Å². The number of aliphatic imine (C=N–C) groups is 1. The molecule has 0 aromatic rings. The minimum absolute atomic E-state index is 0.0511. The molecule has 156 valence electrons. The van der Waals surface area contributed by atoms with Crippen LogP contribution in [0, 0.1) is 23.7 Å². The highest BCUT2D eigenvalue weighted by atomic mass is 16.4. The van der Waals surface area contributed by atoms with Gasteiger partial charge in [-0.25, -0.2) is 14.5 Å². The van der Waals surface area contributed by atoms with Crippen molar-refractivity contribution in [3.63, 3.8) is 0 Å². The van der Waals surface area contributed by atoms with Crippen LogP contribution in [0.15, 0.2) is 16.6 Å². The molecule has 3 unspecified atom stereocenters. The highest BCUT2D eigenvalue weighted by Crippen LogP contribution is 2.32. The molecule has 0 radical (unpaired) electrons. The average Bonchev–Trinajstić information content (AvgIpc) is 2.71. The normalized spacial score (nSPS) is 25.7. The van der Waals surface area contributed by atoms with Crippen LogP contribution in [0.2, 0.25) is 0 Å². The zero-order chi connectivity index (χ0) is 21.1. The molecule has 0 spiro atoms. The Morgan fingerprint density at radius 3 is 2.66 bits per heavy atom. The van der Waals surface area contributed by atoms with Gasteiger partial charge in [0.1, 0.15) is 11.8 Å². The maximum atomic E-state index is 12.9. The van der Waals surface area contributed by atoms with E-state index in [1.165, 1.54) is 11.3 Å². The van der Waals surface area contributed by atoms with E-state index in [2.05, 4.69) is 16.8 Å². The number of nitrogens with zero attached hydrogens (tertiary/aromatic N) is 3. The molecule has 2 aliphatic heterocycles. The van der Waals surface area contributed by atoms with Crippen molar-refractivity contribution >= 4 is 23.7 Å². The van der Waals surface area contributed by atoms with Crippen molar-refractivity contribution in [3.05, 3.63) is 11.6 Å². The molecule has 8 nitrogen and oxygen atoms in total. The molecule has 1 saturated carbocycles. The molecule has 2 heterocycles. The molecule has 0 aromatic heterocycles. The lowest BCUT2D eigenvalue weighted by Gasteiger charge is -2.44. The van der Waals surface area contributed by atoms with Crippen LogP contribution >= 0.6 is 0 Å². The minimum atomic E-state index is -1.27. The number of carboxylic acids is 1. The molecular weight excluding hydrogens is 372 g/mol. The third-order valence-corrected chi connectivity index (χ3v) is 6.19. The van der Waals surface area contributed by atoms with Crippen molar-refractivity contribution < 1.29 is 19.5 Å². The lowest BCUT2D eigenvalue weighted by atomic mass is 9.84. The van der Waals surface area contributed by atoms with Gasteiger partial charge in [-0.3, -0.25) is 9.79 Å². The molecule has 3 atom stereocenters. The monoisotopic (exact) mass is 400 g/mol. The first-order chi connectivity index (χ1) is 13.8. The first kappa shape index (κ1) is 20.9. The predicted molar refractivity (Wildman–Crippen MR) is 108 cm³/mol. The summed E-state index contributed by atoms with van der Waals surface area (Å²) in [5.74, 6) is 3.50. The number of carbonyl (C=O) groups excluding carboxylic acids is 2. The first-order valence-corrected chi connectivity index (χ1v) is 10.2. The largest absolute Gasteiger partial charge is 0.480 e. The van der Waals surface area contributed by atoms with E-state index in [1.807, 2.05) is 6.92 Å². The fourth-order valence-corrected chi connectivity index (χ4v) is 4.24. The van der Waals surface area contributed by atoms with Crippen LogP contribution in [-0.2, 0) is 9.59 Å². The van der Waals surface area contributed by atoms with E-state index in [4.69, 9.17) is 5.73 Å². The number of hydrogen-bond donors (Lipinski definition) is 2. The molecule has 3 rings (SSSR count). The second-order valence-electron chi connectivity index (χ2n) is 8.00. The maximum Gasteiger partial charge on any atom is 0.328 e. The number of likely N-dealkylation sites (tertiary alicyclic amines) is 1. The van der Waals surface area contributed by atoms with Gasteiger partial charge in [-0.15, -0.1) is 0 Å². The van der Waals surface area contributed by atoms with E-state index < -0.39 is 29.9 Å². The Labute approximate surface area is 170 Å². The molecule has 29 heavy (non-hydrogen) atoms. The number of imide groups is 1. The average molecular weight is 400 g/mol. The lowest BCUT2D eigenvalue weighted by molar-refractivity contribution is -0.163. The molecule has 1 aliphatic carbocycles. The summed E-state index contributed by atoms with van der Waals surface area (Å²) in [4.78, 5) is 43.7. The van der Waals surface area contributed by atoms with E-state index >= 15 is 0 Å². The molecule has 2 fully saturated rings. The summed E-state index contributed by atoms with van der Waals surface area (Å²) in [6.45, 7) is 2.48. The summed E-state index contributed by atoms with van der Waals surface area (Å²) < 4.78 is 0. The quantitative estimate of drug-likeness (QED) is 0.551. The number of rotatable bonds is 3. The van der Waals surface area contributed by atoms with Crippen molar-refractivity contribution in [1.29, 1.82) is 0 Å². The number of hydrogen-bond acceptors (Lipinski definition) is 5. The smallest absolute Gasteiger partial charge is 0.328 e. The van der Waals surface area contributed by atoms with Crippen LogP contribution < -0.4 is 5.73 Å². The highest BCUT2D eigenvalue weighted by molar-refractivity contribution is 6.09. The molecule has 8 heteroatoms. The van der Waals surface area contributed by atoms with Crippen LogP contribution in [0.3, 0.4) is 0 Å². The first-order valence-electron chi connectivity index (χ1n) is 10.2. The van der Waals surface area contributed by atoms with Gasteiger partial charge in [0, 0.05) is 31.6 Å². The van der Waals surface area contributed by atoms with Gasteiger partial charge >= 0.3 is 12.0 Å². The van der Waals surface area contributed by atoms with Crippen molar-refractivity contribution in [2.75, 3.05) is 13.6 Å². The van der Waals surface area contributed by atoms with Crippen LogP contribution in [0.25, 0.3) is 0 Å². The Hall–Kier alpha value is -2.82. The minimum Gasteiger partial charge on any atom is -0.480 e. The van der Waals surface area contributed by atoms with E-state index in [0.717, 1.165) is 30.6 Å². The fraction of sp³-hybridized carbons (Fsp3) is 0.619. The topological polar surface area (TPSA) is 116 Å². The zero-order valence-corrected chi connectivity index (χ0v) is 16.9. The van der Waals surface area contributed by atoms with E-state index in [1.54, 1.807) is 13.1 Å². The maximum absolute atomic E-state index is 12.9. The van der Waals surface area contributed by atoms with Gasteiger partial charge in [-0.05, 0) is 31.8 Å². The molecule has 3 N–H and O–H groups in total. The van der Waals surface area contributed by atoms with Crippen molar-refractivity contribution in [2.45, 2.75) is 57.5 Å². The molecule has 3 aliphatic rings. The Morgan fingerprint density at radius 1 is 1.34 bits per heavy atom. The van der Waals surface area contributed by atoms with Crippen LogP contribution in [0.5, 0.6) is 0 Å².